The Hall–Kier alpha value is -2.91. The van der Waals surface area contributed by atoms with E-state index in [1.54, 1.807) is 0 Å². The third-order valence-electron chi connectivity index (χ3n) is 4.27. The molecule has 0 atom stereocenters. The standard InChI is InChI=1S/C21H26N2O6S/c1-15-5-4-6-16(2)21(15)23-30(26,27)18-9-7-17(8-10-18)22-19(24)11-12-20(25)29-14-13-28-3/h4-10,23H,11-14H2,1-3H3,(H,22,24). The molecule has 30 heavy (non-hydrogen) atoms. The van der Waals surface area contributed by atoms with Crippen LogP contribution in [0.3, 0.4) is 0 Å². The van der Waals surface area contributed by atoms with E-state index in [0.29, 0.717) is 18.0 Å². The van der Waals surface area contributed by atoms with E-state index >= 15 is 0 Å². The van der Waals surface area contributed by atoms with Gasteiger partial charge in [0.2, 0.25) is 5.91 Å². The second-order valence-electron chi connectivity index (χ2n) is 6.66. The number of methoxy groups -OCH3 is 1. The number of hydrogen-bond acceptors (Lipinski definition) is 6. The Balaban J connectivity index is 1.94. The van der Waals surface area contributed by atoms with Gasteiger partial charge in [0, 0.05) is 19.2 Å². The molecule has 1 amide bonds. The van der Waals surface area contributed by atoms with E-state index in [4.69, 9.17) is 9.47 Å². The van der Waals surface area contributed by atoms with Gasteiger partial charge in [-0.15, -0.1) is 0 Å². The number of aryl methyl sites for hydroxylation is 2. The van der Waals surface area contributed by atoms with E-state index < -0.39 is 16.0 Å². The molecular weight excluding hydrogens is 408 g/mol. The maximum absolute atomic E-state index is 12.7. The summed E-state index contributed by atoms with van der Waals surface area (Å²) >= 11 is 0. The molecule has 0 fully saturated rings. The first kappa shape index (κ1) is 23.4. The van der Waals surface area contributed by atoms with Crippen LogP contribution in [0.4, 0.5) is 11.4 Å². The van der Waals surface area contributed by atoms with Crippen LogP contribution < -0.4 is 10.0 Å². The summed E-state index contributed by atoms with van der Waals surface area (Å²) in [6.45, 7) is 4.10. The van der Waals surface area contributed by atoms with Crippen LogP contribution in [-0.4, -0.2) is 40.6 Å². The van der Waals surface area contributed by atoms with Crippen molar-refractivity contribution in [1.29, 1.82) is 0 Å². The lowest BCUT2D eigenvalue weighted by molar-refractivity contribution is -0.145. The van der Waals surface area contributed by atoms with Crippen LogP contribution in [0.15, 0.2) is 47.4 Å². The highest BCUT2D eigenvalue weighted by molar-refractivity contribution is 7.92. The van der Waals surface area contributed by atoms with Crippen molar-refractivity contribution in [1.82, 2.24) is 0 Å². The Morgan fingerprint density at radius 2 is 1.57 bits per heavy atom. The number of para-hydroxylation sites is 1. The number of carbonyl (C=O) groups excluding carboxylic acids is 2. The van der Waals surface area contributed by atoms with Gasteiger partial charge in [0.25, 0.3) is 10.0 Å². The van der Waals surface area contributed by atoms with Gasteiger partial charge >= 0.3 is 5.97 Å². The molecule has 0 radical (unpaired) electrons. The minimum Gasteiger partial charge on any atom is -0.463 e. The van der Waals surface area contributed by atoms with Crippen LogP contribution in [-0.2, 0) is 29.1 Å². The van der Waals surface area contributed by atoms with Gasteiger partial charge in [-0.2, -0.15) is 0 Å². The summed E-state index contributed by atoms with van der Waals surface area (Å²) in [5.74, 6) is -0.857. The number of rotatable bonds is 10. The number of esters is 1. The number of ether oxygens (including phenoxy) is 2. The van der Waals surface area contributed by atoms with Crippen LogP contribution in [0.1, 0.15) is 24.0 Å². The molecule has 0 spiro atoms. The summed E-state index contributed by atoms with van der Waals surface area (Å²) < 4.78 is 37.6. The number of anilines is 2. The van der Waals surface area contributed by atoms with Gasteiger partial charge in [0.1, 0.15) is 6.61 Å². The van der Waals surface area contributed by atoms with E-state index in [-0.39, 0.29) is 30.3 Å². The summed E-state index contributed by atoms with van der Waals surface area (Å²) in [7, 11) is -2.27. The number of amides is 1. The first-order valence-electron chi connectivity index (χ1n) is 9.36. The summed E-state index contributed by atoms with van der Waals surface area (Å²) in [5.41, 5.74) is 2.62. The molecule has 0 bridgehead atoms. The van der Waals surface area contributed by atoms with Crippen LogP contribution in [0.5, 0.6) is 0 Å². The monoisotopic (exact) mass is 434 g/mol. The highest BCUT2D eigenvalue weighted by Gasteiger charge is 2.17. The Morgan fingerprint density at radius 3 is 2.17 bits per heavy atom. The average molecular weight is 435 g/mol. The summed E-state index contributed by atoms with van der Waals surface area (Å²) in [5, 5.41) is 2.62. The van der Waals surface area contributed by atoms with Crippen molar-refractivity contribution >= 4 is 33.3 Å². The van der Waals surface area contributed by atoms with Gasteiger partial charge in [-0.3, -0.25) is 14.3 Å². The summed E-state index contributed by atoms with van der Waals surface area (Å²) in [6.07, 6.45) is -0.0955. The maximum Gasteiger partial charge on any atom is 0.306 e. The second-order valence-corrected chi connectivity index (χ2v) is 8.34. The number of nitrogens with one attached hydrogen (secondary N) is 2. The van der Waals surface area contributed by atoms with Crippen molar-refractivity contribution in [3.8, 4) is 0 Å². The second kappa shape index (κ2) is 10.7. The first-order chi connectivity index (χ1) is 14.2. The molecule has 0 unspecified atom stereocenters. The van der Waals surface area contributed by atoms with E-state index in [9.17, 15) is 18.0 Å². The summed E-state index contributed by atoms with van der Waals surface area (Å²) in [4.78, 5) is 23.5. The highest BCUT2D eigenvalue weighted by Crippen LogP contribution is 2.24. The van der Waals surface area contributed by atoms with Crippen LogP contribution in [0.2, 0.25) is 0 Å². The van der Waals surface area contributed by atoms with Crippen molar-refractivity contribution in [3.05, 3.63) is 53.6 Å². The topological polar surface area (TPSA) is 111 Å². The Labute approximate surface area is 176 Å². The number of benzene rings is 2. The predicted molar refractivity (Wildman–Crippen MR) is 114 cm³/mol. The van der Waals surface area contributed by atoms with Gasteiger partial charge in [-0.05, 0) is 49.2 Å². The van der Waals surface area contributed by atoms with Gasteiger partial charge in [0.05, 0.1) is 23.6 Å². The zero-order valence-corrected chi connectivity index (χ0v) is 18.0. The number of hydrogen-bond donors (Lipinski definition) is 2. The molecule has 2 aromatic rings. The molecule has 2 aromatic carbocycles. The molecule has 2 rings (SSSR count). The van der Waals surface area contributed by atoms with Crippen LogP contribution in [0.25, 0.3) is 0 Å². The molecule has 0 saturated heterocycles. The van der Waals surface area contributed by atoms with Crippen molar-refractivity contribution in [2.24, 2.45) is 0 Å². The lowest BCUT2D eigenvalue weighted by Gasteiger charge is -2.13. The molecule has 2 N–H and O–H groups in total. The normalized spacial score (nSPS) is 11.0. The van der Waals surface area contributed by atoms with Crippen molar-refractivity contribution in [2.45, 2.75) is 31.6 Å². The van der Waals surface area contributed by atoms with Crippen LogP contribution >= 0.6 is 0 Å². The van der Waals surface area contributed by atoms with Gasteiger partial charge in [-0.1, -0.05) is 18.2 Å². The molecule has 162 valence electrons. The summed E-state index contributed by atoms with van der Waals surface area (Å²) in [6, 6.07) is 11.3. The lowest BCUT2D eigenvalue weighted by Crippen LogP contribution is -2.16. The van der Waals surface area contributed by atoms with Crippen molar-refractivity contribution in [3.63, 3.8) is 0 Å². The van der Waals surface area contributed by atoms with Crippen molar-refractivity contribution in [2.75, 3.05) is 30.4 Å². The lowest BCUT2D eigenvalue weighted by atomic mass is 10.1. The van der Waals surface area contributed by atoms with Crippen LogP contribution in [0, 0.1) is 13.8 Å². The fourth-order valence-corrected chi connectivity index (χ4v) is 3.84. The Morgan fingerprint density at radius 1 is 0.933 bits per heavy atom. The molecule has 8 nitrogen and oxygen atoms in total. The van der Waals surface area contributed by atoms with Gasteiger partial charge < -0.3 is 14.8 Å². The molecule has 0 aliphatic rings. The zero-order chi connectivity index (χ0) is 22.1. The van der Waals surface area contributed by atoms with E-state index in [2.05, 4.69) is 10.0 Å². The number of sulfonamides is 1. The molecule has 0 saturated carbocycles. The smallest absolute Gasteiger partial charge is 0.306 e. The minimum absolute atomic E-state index is 0.0417. The minimum atomic E-state index is -3.77. The molecule has 0 heterocycles. The largest absolute Gasteiger partial charge is 0.463 e. The van der Waals surface area contributed by atoms with Crippen molar-refractivity contribution < 1.29 is 27.5 Å². The molecule has 0 aliphatic carbocycles. The zero-order valence-electron chi connectivity index (χ0n) is 17.2. The maximum atomic E-state index is 12.7. The van der Waals surface area contributed by atoms with E-state index in [0.717, 1.165) is 11.1 Å². The quantitative estimate of drug-likeness (QED) is 0.439. The Bertz CT molecular complexity index is 967. The highest BCUT2D eigenvalue weighted by atomic mass is 32.2. The fraction of sp³-hybridized carbons (Fsp3) is 0.333. The van der Waals surface area contributed by atoms with Gasteiger partial charge in [0.15, 0.2) is 0 Å². The van der Waals surface area contributed by atoms with E-state index in [1.165, 1.54) is 31.4 Å². The number of carbonyl (C=O) groups is 2. The molecular formula is C21H26N2O6S. The molecule has 0 aliphatic heterocycles. The third kappa shape index (κ3) is 6.85. The fourth-order valence-electron chi connectivity index (χ4n) is 2.64. The Kier molecular flexibility index (Phi) is 8.37. The third-order valence-corrected chi connectivity index (χ3v) is 5.64. The SMILES string of the molecule is COCCOC(=O)CCC(=O)Nc1ccc(S(=O)(=O)Nc2c(C)cccc2C)cc1. The average Bonchev–Trinajstić information content (AvgIpc) is 2.70. The predicted octanol–water partition coefficient (Wildman–Crippen LogP) is 3.01. The molecule has 9 heteroatoms. The van der Waals surface area contributed by atoms with E-state index in [1.807, 2.05) is 32.0 Å². The van der Waals surface area contributed by atoms with Gasteiger partial charge in [-0.25, -0.2) is 8.42 Å². The molecule has 0 aromatic heterocycles. The first-order valence-corrected chi connectivity index (χ1v) is 10.8.